The molecule has 4 atom stereocenters. The van der Waals surface area contributed by atoms with Crippen molar-refractivity contribution >= 4 is 15.8 Å². The zero-order valence-electron chi connectivity index (χ0n) is 14.0. The third-order valence-electron chi connectivity index (χ3n) is 7.02. The van der Waals surface area contributed by atoms with Gasteiger partial charge < -0.3 is 0 Å². The number of Topliss-reactive ketones (excluding diaryl/α,β-unsaturated/α-hetero) is 1. The van der Waals surface area contributed by atoms with E-state index in [0.717, 1.165) is 32.1 Å². The van der Waals surface area contributed by atoms with E-state index in [9.17, 15) is 13.2 Å². The van der Waals surface area contributed by atoms with E-state index in [0.29, 0.717) is 18.3 Å². The number of fused-ring (bicyclic) bond motifs is 2. The monoisotopic (exact) mass is 327 g/mol. The maximum absolute atomic E-state index is 12.8. The van der Waals surface area contributed by atoms with Crippen molar-refractivity contribution in [1.29, 1.82) is 0 Å². The molecule has 0 saturated heterocycles. The van der Waals surface area contributed by atoms with Crippen LogP contribution in [0, 0.1) is 22.7 Å². The summed E-state index contributed by atoms with van der Waals surface area (Å²) in [5.74, 6) is 0.926. The minimum Gasteiger partial charge on any atom is -0.299 e. The molecule has 126 valence electrons. The number of hydrogen-bond acceptors (Lipinski definition) is 3. The number of sulfonamides is 1. The van der Waals surface area contributed by atoms with Gasteiger partial charge in [0.1, 0.15) is 5.78 Å². The molecule has 4 nitrogen and oxygen atoms in total. The second-order valence-corrected chi connectivity index (χ2v) is 10.2. The Morgan fingerprint density at radius 2 is 1.86 bits per heavy atom. The Labute approximate surface area is 134 Å². The van der Waals surface area contributed by atoms with Crippen LogP contribution in [0.15, 0.2) is 0 Å². The molecule has 3 fully saturated rings. The summed E-state index contributed by atoms with van der Waals surface area (Å²) < 4.78 is 28.4. The van der Waals surface area contributed by atoms with Crippen LogP contribution in [0.3, 0.4) is 0 Å². The van der Waals surface area contributed by atoms with Crippen molar-refractivity contribution in [1.82, 2.24) is 4.72 Å². The van der Waals surface area contributed by atoms with Gasteiger partial charge in [0.15, 0.2) is 0 Å². The largest absolute Gasteiger partial charge is 0.299 e. The Morgan fingerprint density at radius 3 is 2.41 bits per heavy atom. The molecule has 3 saturated carbocycles. The SMILES string of the molecule is C[C@@H]1CCCC[C@@H]1NS(=O)(=O)C[C@]12CC[C@H](CC1=O)C2(C)C. The summed E-state index contributed by atoms with van der Waals surface area (Å²) in [4.78, 5) is 12.5. The van der Waals surface area contributed by atoms with E-state index in [-0.39, 0.29) is 23.0 Å². The van der Waals surface area contributed by atoms with Crippen molar-refractivity contribution in [3.8, 4) is 0 Å². The van der Waals surface area contributed by atoms with Crippen molar-refractivity contribution < 1.29 is 13.2 Å². The molecular weight excluding hydrogens is 298 g/mol. The number of carbonyl (C=O) groups excluding carboxylic acids is 1. The summed E-state index contributed by atoms with van der Waals surface area (Å²) in [6.45, 7) is 6.31. The summed E-state index contributed by atoms with van der Waals surface area (Å²) in [7, 11) is -3.42. The van der Waals surface area contributed by atoms with Gasteiger partial charge in [-0.15, -0.1) is 0 Å². The van der Waals surface area contributed by atoms with E-state index in [1.807, 2.05) is 0 Å². The highest BCUT2D eigenvalue weighted by Gasteiger charge is 2.65. The zero-order valence-corrected chi connectivity index (χ0v) is 14.8. The molecule has 0 aliphatic heterocycles. The van der Waals surface area contributed by atoms with Crippen LogP contribution in [0.25, 0.3) is 0 Å². The highest BCUT2D eigenvalue weighted by Crippen LogP contribution is 2.64. The van der Waals surface area contributed by atoms with Gasteiger partial charge in [-0.25, -0.2) is 13.1 Å². The first-order chi connectivity index (χ1) is 10.2. The highest BCUT2D eigenvalue weighted by atomic mass is 32.2. The molecule has 3 aliphatic rings. The van der Waals surface area contributed by atoms with Gasteiger partial charge >= 0.3 is 0 Å². The van der Waals surface area contributed by atoms with E-state index in [1.165, 1.54) is 6.42 Å². The zero-order chi connectivity index (χ0) is 16.2. The van der Waals surface area contributed by atoms with E-state index in [4.69, 9.17) is 0 Å². The van der Waals surface area contributed by atoms with Crippen LogP contribution >= 0.6 is 0 Å². The standard InChI is InChI=1S/C17H29NO3S/c1-12-6-4-5-7-14(12)18-22(20,21)11-17-9-8-13(10-15(17)19)16(17,2)3/h12-14,18H,4-11H2,1-3H3/t12-,13-,14+,17-/m1/s1. The van der Waals surface area contributed by atoms with E-state index >= 15 is 0 Å². The van der Waals surface area contributed by atoms with Gasteiger partial charge in [0.2, 0.25) is 10.0 Å². The van der Waals surface area contributed by atoms with E-state index < -0.39 is 15.4 Å². The quantitative estimate of drug-likeness (QED) is 0.863. The second-order valence-electron chi connectivity index (χ2n) is 8.41. The molecule has 0 aromatic heterocycles. The molecular formula is C17H29NO3S. The summed E-state index contributed by atoms with van der Waals surface area (Å²) >= 11 is 0. The van der Waals surface area contributed by atoms with Gasteiger partial charge in [-0.1, -0.05) is 33.6 Å². The molecule has 2 bridgehead atoms. The smallest absolute Gasteiger partial charge is 0.212 e. The Bertz CT molecular complexity index is 568. The number of ketones is 1. The van der Waals surface area contributed by atoms with Crippen LogP contribution in [0.1, 0.15) is 65.7 Å². The Hall–Kier alpha value is -0.420. The van der Waals surface area contributed by atoms with Gasteiger partial charge in [-0.3, -0.25) is 4.79 Å². The fraction of sp³-hybridized carbons (Fsp3) is 0.941. The summed E-state index contributed by atoms with van der Waals surface area (Å²) in [5.41, 5.74) is -0.835. The fourth-order valence-electron chi connectivity index (χ4n) is 5.20. The van der Waals surface area contributed by atoms with Gasteiger partial charge in [0.25, 0.3) is 0 Å². The lowest BCUT2D eigenvalue weighted by atomic mass is 9.70. The average Bonchev–Trinajstić information content (AvgIpc) is 2.74. The van der Waals surface area contributed by atoms with E-state index in [2.05, 4.69) is 25.5 Å². The van der Waals surface area contributed by atoms with Gasteiger partial charge in [0, 0.05) is 17.9 Å². The molecule has 3 rings (SSSR count). The maximum Gasteiger partial charge on any atom is 0.212 e. The van der Waals surface area contributed by atoms with Crippen molar-refractivity contribution in [3.05, 3.63) is 0 Å². The number of hydrogen-bond donors (Lipinski definition) is 1. The lowest BCUT2D eigenvalue weighted by molar-refractivity contribution is -0.128. The number of rotatable bonds is 4. The predicted octanol–water partition coefficient (Wildman–Crippen LogP) is 2.88. The summed E-state index contributed by atoms with van der Waals surface area (Å²) in [5, 5.41) is 0. The third kappa shape index (κ3) is 2.44. The Morgan fingerprint density at radius 1 is 1.18 bits per heavy atom. The molecule has 0 unspecified atom stereocenters. The summed E-state index contributed by atoms with van der Waals surface area (Å²) in [6.07, 6.45) is 6.60. The molecule has 3 aliphatic carbocycles. The Balaban J connectivity index is 1.78. The molecule has 0 heterocycles. The second kappa shape index (κ2) is 5.30. The predicted molar refractivity (Wildman–Crippen MR) is 86.9 cm³/mol. The van der Waals surface area contributed by atoms with Gasteiger partial charge in [-0.05, 0) is 42.9 Å². The minimum absolute atomic E-state index is 0.00838. The first-order valence-electron chi connectivity index (χ1n) is 8.71. The molecule has 5 heteroatoms. The third-order valence-corrected chi connectivity index (χ3v) is 8.55. The van der Waals surface area contributed by atoms with Gasteiger partial charge in [-0.2, -0.15) is 0 Å². The Kier molecular flexibility index (Phi) is 3.96. The molecule has 0 radical (unpaired) electrons. The molecule has 1 N–H and O–H groups in total. The maximum atomic E-state index is 12.8. The first kappa shape index (κ1) is 16.4. The van der Waals surface area contributed by atoms with Crippen LogP contribution in [0.5, 0.6) is 0 Å². The highest BCUT2D eigenvalue weighted by molar-refractivity contribution is 7.89. The molecule has 0 spiro atoms. The van der Waals surface area contributed by atoms with Crippen LogP contribution < -0.4 is 4.72 Å². The van der Waals surface area contributed by atoms with Crippen molar-refractivity contribution in [2.75, 3.05) is 5.75 Å². The lowest BCUT2D eigenvalue weighted by Gasteiger charge is -2.37. The average molecular weight is 327 g/mol. The fourth-order valence-corrected chi connectivity index (χ4v) is 7.42. The molecule has 0 aromatic rings. The van der Waals surface area contributed by atoms with Crippen LogP contribution in [-0.4, -0.2) is 26.0 Å². The normalized spacial score (nSPS) is 41.0. The van der Waals surface area contributed by atoms with Crippen LogP contribution in [-0.2, 0) is 14.8 Å². The van der Waals surface area contributed by atoms with Crippen LogP contribution in [0.4, 0.5) is 0 Å². The number of carbonyl (C=O) groups is 1. The molecule has 0 amide bonds. The van der Waals surface area contributed by atoms with E-state index in [1.54, 1.807) is 0 Å². The topological polar surface area (TPSA) is 63.2 Å². The van der Waals surface area contributed by atoms with Crippen molar-refractivity contribution in [3.63, 3.8) is 0 Å². The number of nitrogens with one attached hydrogen (secondary N) is 1. The van der Waals surface area contributed by atoms with Crippen molar-refractivity contribution in [2.45, 2.75) is 71.8 Å². The minimum atomic E-state index is -3.42. The summed E-state index contributed by atoms with van der Waals surface area (Å²) in [6, 6.07) is 0.0481. The van der Waals surface area contributed by atoms with Crippen molar-refractivity contribution in [2.24, 2.45) is 22.7 Å². The molecule has 22 heavy (non-hydrogen) atoms. The van der Waals surface area contributed by atoms with Crippen LogP contribution in [0.2, 0.25) is 0 Å². The first-order valence-corrected chi connectivity index (χ1v) is 10.4. The lowest BCUT2D eigenvalue weighted by Crippen LogP contribution is -2.49. The molecule has 0 aromatic carbocycles. The van der Waals surface area contributed by atoms with Gasteiger partial charge in [0.05, 0.1) is 5.75 Å².